The molecule has 5 heterocycles. The van der Waals surface area contributed by atoms with Crippen molar-refractivity contribution < 1.29 is 33.4 Å². The third kappa shape index (κ3) is 7.81. The molecule has 60 heavy (non-hydrogen) atoms. The van der Waals surface area contributed by atoms with Crippen LogP contribution in [0.15, 0.2) is 73.1 Å². The van der Waals surface area contributed by atoms with Crippen LogP contribution in [0.4, 0.5) is 9.59 Å². The molecule has 15 nitrogen and oxygen atoms in total. The van der Waals surface area contributed by atoms with Gasteiger partial charge in [0.05, 0.1) is 68.1 Å². The van der Waals surface area contributed by atoms with E-state index >= 15 is 0 Å². The van der Waals surface area contributed by atoms with Gasteiger partial charge in [0.15, 0.2) is 0 Å². The molecule has 15 heteroatoms. The lowest BCUT2D eigenvalue weighted by Crippen LogP contribution is -2.54. The van der Waals surface area contributed by atoms with E-state index in [1.54, 1.807) is 6.20 Å². The highest BCUT2D eigenvalue weighted by Crippen LogP contribution is 2.49. The van der Waals surface area contributed by atoms with E-state index < -0.39 is 24.1 Å². The van der Waals surface area contributed by atoms with Gasteiger partial charge in [-0.3, -0.25) is 9.59 Å². The average Bonchev–Trinajstić information content (AvgIpc) is 4.12. The second-order valence-electron chi connectivity index (χ2n) is 16.5. The number of hydrogen-bond acceptors (Lipinski definition) is 9. The fraction of sp³-hybridized carbons (Fsp3) is 0.422. The number of hydrogen-bond donors (Lipinski definition) is 4. The molecule has 0 radical (unpaired) electrons. The van der Waals surface area contributed by atoms with Crippen molar-refractivity contribution in [3.8, 4) is 33.6 Å². The SMILES string of the molecule is COC(=O)N[C@H](C(=O)N1CCC[C@H]1c1ncc(-c2ccc3cc(-c4ccc(-c5cnc([C@H]6C7CCC(O7)[C@H]6C(=O)N(NC(=O)OC)C(C)C)[nH]5)cc4)ccc3c2)[nH]1)C(C)C. The van der Waals surface area contributed by atoms with Gasteiger partial charge < -0.3 is 34.4 Å². The lowest BCUT2D eigenvalue weighted by molar-refractivity contribution is -0.142. The number of alkyl carbamates (subject to hydrolysis) is 1. The fourth-order valence-electron chi connectivity index (χ4n) is 9.02. The van der Waals surface area contributed by atoms with Gasteiger partial charge in [0.2, 0.25) is 11.8 Å². The minimum atomic E-state index is -0.697. The molecule has 0 spiro atoms. The molecule has 6 atom stereocenters. The van der Waals surface area contributed by atoms with Crippen molar-refractivity contribution in [3.05, 3.63) is 84.7 Å². The predicted molar refractivity (Wildman–Crippen MR) is 224 cm³/mol. The summed E-state index contributed by atoms with van der Waals surface area (Å²) in [4.78, 5) is 69.8. The second-order valence-corrected chi connectivity index (χ2v) is 16.5. The molecule has 2 bridgehead atoms. The maximum Gasteiger partial charge on any atom is 0.425 e. The molecule has 3 fully saturated rings. The normalized spacial score (nSPS) is 21.4. The van der Waals surface area contributed by atoms with E-state index in [2.05, 4.69) is 81.4 Å². The third-order valence-electron chi connectivity index (χ3n) is 12.1. The third-order valence-corrected chi connectivity index (χ3v) is 12.1. The highest BCUT2D eigenvalue weighted by molar-refractivity contribution is 5.91. The van der Waals surface area contributed by atoms with Gasteiger partial charge >= 0.3 is 12.2 Å². The molecule has 3 aliphatic rings. The molecule has 3 aromatic carbocycles. The molecule has 3 aliphatic heterocycles. The fourth-order valence-corrected chi connectivity index (χ4v) is 9.02. The van der Waals surface area contributed by atoms with Crippen molar-refractivity contribution in [1.82, 2.24) is 40.6 Å². The first-order chi connectivity index (χ1) is 28.9. The molecular formula is C45H52N8O7. The first-order valence-corrected chi connectivity index (χ1v) is 20.7. The van der Waals surface area contributed by atoms with Gasteiger partial charge in [0.25, 0.3) is 0 Å². The number of benzene rings is 3. The van der Waals surface area contributed by atoms with E-state index in [4.69, 9.17) is 24.2 Å². The molecule has 4 N–H and O–H groups in total. The van der Waals surface area contributed by atoms with Gasteiger partial charge in [-0.2, -0.15) is 0 Å². The number of fused-ring (bicyclic) bond motifs is 3. The Morgan fingerprint density at radius 2 is 1.37 bits per heavy atom. The molecule has 0 saturated carbocycles. The molecule has 0 aliphatic carbocycles. The van der Waals surface area contributed by atoms with E-state index in [1.807, 2.05) is 38.8 Å². The predicted octanol–water partition coefficient (Wildman–Crippen LogP) is 7.10. The van der Waals surface area contributed by atoms with Crippen LogP contribution in [-0.2, 0) is 23.8 Å². The summed E-state index contributed by atoms with van der Waals surface area (Å²) in [6.07, 6.45) is 5.16. The van der Waals surface area contributed by atoms with Crippen LogP contribution in [0.2, 0.25) is 0 Å². The molecule has 2 unspecified atom stereocenters. The highest BCUT2D eigenvalue weighted by Gasteiger charge is 2.55. The van der Waals surface area contributed by atoms with Crippen molar-refractivity contribution in [2.75, 3.05) is 20.8 Å². The van der Waals surface area contributed by atoms with Gasteiger partial charge in [-0.05, 0) is 85.0 Å². The van der Waals surface area contributed by atoms with E-state index in [-0.39, 0.29) is 47.9 Å². The molecule has 2 aromatic heterocycles. The number of carbonyl (C=O) groups excluding carboxylic acids is 4. The van der Waals surface area contributed by atoms with Gasteiger partial charge in [-0.15, -0.1) is 0 Å². The van der Waals surface area contributed by atoms with Crippen LogP contribution in [0.1, 0.15) is 77.0 Å². The van der Waals surface area contributed by atoms with Crippen LogP contribution in [0.5, 0.6) is 0 Å². The quantitative estimate of drug-likeness (QED) is 0.107. The van der Waals surface area contributed by atoms with E-state index in [0.717, 1.165) is 75.9 Å². The Hall–Kier alpha value is -6.22. The van der Waals surface area contributed by atoms with Crippen LogP contribution in [-0.4, -0.2) is 98.9 Å². The van der Waals surface area contributed by atoms with Crippen LogP contribution >= 0.6 is 0 Å². The van der Waals surface area contributed by atoms with Crippen molar-refractivity contribution in [2.45, 2.75) is 89.6 Å². The Labute approximate surface area is 348 Å². The Kier molecular flexibility index (Phi) is 11.4. The molecule has 314 valence electrons. The van der Waals surface area contributed by atoms with Crippen LogP contribution in [0.3, 0.4) is 0 Å². The lowest BCUT2D eigenvalue weighted by Gasteiger charge is -2.33. The van der Waals surface area contributed by atoms with Crippen molar-refractivity contribution in [2.24, 2.45) is 11.8 Å². The van der Waals surface area contributed by atoms with Crippen LogP contribution < -0.4 is 10.7 Å². The van der Waals surface area contributed by atoms with E-state index in [0.29, 0.717) is 12.4 Å². The summed E-state index contributed by atoms with van der Waals surface area (Å²) in [5, 5.41) is 6.22. The topological polar surface area (TPSA) is 184 Å². The Bertz CT molecular complexity index is 2390. The zero-order valence-corrected chi connectivity index (χ0v) is 34.7. The number of ether oxygens (including phenoxy) is 3. The van der Waals surface area contributed by atoms with Crippen molar-refractivity contribution in [1.29, 1.82) is 0 Å². The number of aromatic amines is 2. The minimum absolute atomic E-state index is 0.108. The number of amides is 4. The number of nitrogens with zero attached hydrogens (tertiary/aromatic N) is 4. The van der Waals surface area contributed by atoms with Crippen molar-refractivity contribution >= 4 is 34.8 Å². The summed E-state index contributed by atoms with van der Waals surface area (Å²) < 4.78 is 15.8. The van der Waals surface area contributed by atoms with Gasteiger partial charge in [0, 0.05) is 18.2 Å². The summed E-state index contributed by atoms with van der Waals surface area (Å²) >= 11 is 0. The molecule has 5 aromatic rings. The molecular weight excluding hydrogens is 765 g/mol. The number of imidazole rings is 2. The summed E-state index contributed by atoms with van der Waals surface area (Å²) in [5.74, 6) is 0.193. The number of likely N-dealkylation sites (tertiary alicyclic amines) is 1. The zero-order chi connectivity index (χ0) is 42.2. The second kappa shape index (κ2) is 16.8. The van der Waals surface area contributed by atoms with Crippen molar-refractivity contribution in [3.63, 3.8) is 0 Å². The number of hydrazine groups is 1. The maximum absolute atomic E-state index is 13.9. The summed E-state index contributed by atoms with van der Waals surface area (Å²) in [7, 11) is 2.56. The largest absolute Gasteiger partial charge is 0.453 e. The molecule has 3 saturated heterocycles. The summed E-state index contributed by atoms with van der Waals surface area (Å²) in [6, 6.07) is 19.9. The van der Waals surface area contributed by atoms with Gasteiger partial charge in [0.1, 0.15) is 17.7 Å². The number of H-pyrrole nitrogens is 2. The maximum atomic E-state index is 13.9. The Morgan fingerprint density at radius 3 is 2.05 bits per heavy atom. The lowest BCUT2D eigenvalue weighted by atomic mass is 9.78. The zero-order valence-electron chi connectivity index (χ0n) is 34.7. The van der Waals surface area contributed by atoms with Crippen LogP contribution in [0.25, 0.3) is 44.4 Å². The number of nitrogens with one attached hydrogen (secondary N) is 4. The summed E-state index contributed by atoms with van der Waals surface area (Å²) in [5.41, 5.74) is 8.39. The first-order valence-electron chi connectivity index (χ1n) is 20.7. The average molecular weight is 817 g/mol. The number of aromatic nitrogens is 4. The van der Waals surface area contributed by atoms with Gasteiger partial charge in [-0.25, -0.2) is 30.0 Å². The van der Waals surface area contributed by atoms with Crippen LogP contribution in [0, 0.1) is 11.8 Å². The Balaban J connectivity index is 0.954. The number of methoxy groups -OCH3 is 2. The number of rotatable bonds is 10. The van der Waals surface area contributed by atoms with E-state index in [9.17, 15) is 19.2 Å². The molecule has 4 amide bonds. The minimum Gasteiger partial charge on any atom is -0.453 e. The standard InChI is InChI=1S/C45H52N8O7/c1-24(2)39(50-44(56)58-5)43(55)52-19-7-8-34(52)40-46-23-33(48-40)31-16-15-29-20-28(13-14-30(29)21-31)26-9-11-27(12-10-26)32-22-47-41(49-32)37-35-17-18-36(60-35)38(37)42(54)53(25(3)4)51-45(57)59-6/h9-16,20-25,34-39H,7-8,17-19H2,1-6H3,(H,46,48)(H,47,49)(H,50,56)(H,51,57)/t34-,35?,36?,37-,38+,39-/m0/s1. The van der Waals surface area contributed by atoms with E-state index in [1.165, 1.54) is 19.2 Å². The number of carbonyl (C=O) groups is 4. The highest BCUT2D eigenvalue weighted by atomic mass is 16.5. The first kappa shape index (κ1) is 40.6. The monoisotopic (exact) mass is 816 g/mol. The summed E-state index contributed by atoms with van der Waals surface area (Å²) in [6.45, 7) is 8.08. The smallest absolute Gasteiger partial charge is 0.425 e. The van der Waals surface area contributed by atoms with Gasteiger partial charge in [-0.1, -0.05) is 62.4 Å². The molecule has 8 rings (SSSR count). The Morgan fingerprint density at radius 1 is 0.767 bits per heavy atom.